The molecule has 45 heavy (non-hydrogen) atoms. The Morgan fingerprint density at radius 3 is 2.18 bits per heavy atom. The van der Waals surface area contributed by atoms with E-state index in [4.69, 9.17) is 9.57 Å². The number of hydrogen-bond donors (Lipinski definition) is 1. The van der Waals surface area contributed by atoms with E-state index in [0.29, 0.717) is 5.56 Å². The highest BCUT2D eigenvalue weighted by Crippen LogP contribution is 2.33. The molecule has 0 spiro atoms. The predicted octanol–water partition coefficient (Wildman–Crippen LogP) is 4.74. The molecule has 13 nitrogen and oxygen atoms in total. The van der Waals surface area contributed by atoms with Gasteiger partial charge in [0.2, 0.25) is 5.28 Å². The Morgan fingerprint density at radius 1 is 1.07 bits per heavy atom. The van der Waals surface area contributed by atoms with Gasteiger partial charge < -0.3 is 9.94 Å². The zero-order valence-electron chi connectivity index (χ0n) is 25.5. The smallest absolute Gasteiger partial charge is 0.435 e. The number of ether oxygens (including phenoxy) is 1. The number of nitrogens with one attached hydrogen (secondary N) is 1. The standard InChI is InChI=1S/C28H33F3N6O7S/c1-17(2)25(38)43-19(4)44-34-37(40)35(7)27(5,6)26(39)33-45(41,42)22-14-12-21(13-15-22)36-23(16-24(32-36)28(29,30)31)20-10-8-18(3)9-11-20/h8-17,19H,1-7H3,(H,33,39)/b37-34+. The molecule has 2 aromatic carbocycles. The molecule has 3 rings (SSSR count). The van der Waals surface area contributed by atoms with E-state index in [1.165, 1.54) is 32.9 Å². The third-order valence-electron chi connectivity index (χ3n) is 6.61. The second kappa shape index (κ2) is 13.1. The molecule has 0 aliphatic rings. The van der Waals surface area contributed by atoms with Crippen molar-refractivity contribution < 1.29 is 45.7 Å². The minimum Gasteiger partial charge on any atom is -0.569 e. The minimum atomic E-state index is -4.73. The van der Waals surface area contributed by atoms with Gasteiger partial charge in [0.15, 0.2) is 11.2 Å². The summed E-state index contributed by atoms with van der Waals surface area (Å²) in [5, 5.41) is 20.1. The fourth-order valence-corrected chi connectivity index (χ4v) is 4.67. The largest absolute Gasteiger partial charge is 0.569 e. The molecule has 0 aliphatic carbocycles. The molecule has 1 heterocycles. The maximum Gasteiger partial charge on any atom is 0.435 e. The van der Waals surface area contributed by atoms with Crippen molar-refractivity contribution in [2.24, 2.45) is 11.2 Å². The van der Waals surface area contributed by atoms with Crippen molar-refractivity contribution in [3.63, 3.8) is 0 Å². The van der Waals surface area contributed by atoms with Crippen molar-refractivity contribution >= 4 is 21.9 Å². The van der Waals surface area contributed by atoms with E-state index in [2.05, 4.69) is 10.4 Å². The van der Waals surface area contributed by atoms with Crippen LogP contribution in [0, 0.1) is 18.0 Å². The number of esters is 1. The quantitative estimate of drug-likeness (QED) is 0.101. The molecular formula is C28H33F3N6O7S. The molecule has 0 saturated heterocycles. The Bertz CT molecular complexity index is 1670. The zero-order chi connectivity index (χ0) is 33.9. The van der Waals surface area contributed by atoms with Crippen LogP contribution < -0.4 is 4.72 Å². The Balaban J connectivity index is 1.80. The summed E-state index contributed by atoms with van der Waals surface area (Å²) >= 11 is 0. The number of nitrogens with zero attached hydrogens (tertiary/aromatic N) is 5. The molecule has 0 saturated carbocycles. The SMILES string of the molecule is Cc1ccc(-c2cc(C(F)(F)F)nn2-c2ccc(S(=O)(=O)NC(=O)C(C)(C)N(C)/[N+]([O-])=N\OC(C)OC(=O)C(C)C)cc2)cc1. The lowest BCUT2D eigenvalue weighted by Crippen LogP contribution is -2.56. The van der Waals surface area contributed by atoms with Crippen LogP contribution >= 0.6 is 0 Å². The van der Waals surface area contributed by atoms with E-state index in [-0.39, 0.29) is 21.2 Å². The first-order valence-electron chi connectivity index (χ1n) is 13.4. The van der Waals surface area contributed by atoms with Gasteiger partial charge >= 0.3 is 12.1 Å². The normalized spacial score (nSPS) is 13.4. The average molecular weight is 655 g/mol. The molecular weight excluding hydrogens is 621 g/mol. The summed E-state index contributed by atoms with van der Waals surface area (Å²) < 4.78 is 74.5. The van der Waals surface area contributed by atoms with E-state index >= 15 is 0 Å². The molecule has 0 aliphatic heterocycles. The molecule has 0 fully saturated rings. The number of carbonyl (C=O) groups excluding carboxylic acids is 2. The Morgan fingerprint density at radius 2 is 1.64 bits per heavy atom. The van der Waals surface area contributed by atoms with Gasteiger partial charge in [0.25, 0.3) is 22.2 Å². The van der Waals surface area contributed by atoms with Gasteiger partial charge in [-0.15, -0.1) is 5.01 Å². The first-order valence-corrected chi connectivity index (χ1v) is 14.9. The van der Waals surface area contributed by atoms with Crippen molar-refractivity contribution in [3.05, 3.63) is 71.1 Å². The number of alkyl halides is 3. The van der Waals surface area contributed by atoms with Crippen molar-refractivity contribution in [1.82, 2.24) is 19.5 Å². The fraction of sp³-hybridized carbons (Fsp3) is 0.393. The van der Waals surface area contributed by atoms with Crippen LogP contribution in [0.25, 0.3) is 16.9 Å². The summed E-state index contributed by atoms with van der Waals surface area (Å²) in [6.07, 6.45) is -5.95. The van der Waals surface area contributed by atoms with Gasteiger partial charge in [-0.2, -0.15) is 18.3 Å². The first-order chi connectivity index (χ1) is 20.7. The second-order valence-electron chi connectivity index (χ2n) is 10.8. The number of halogens is 3. The van der Waals surface area contributed by atoms with E-state index in [1.54, 1.807) is 38.1 Å². The minimum absolute atomic E-state index is 0.119. The topological polar surface area (TPSA) is 158 Å². The lowest BCUT2D eigenvalue weighted by atomic mass is 10.1. The van der Waals surface area contributed by atoms with Crippen molar-refractivity contribution in [2.45, 2.75) is 64.4 Å². The van der Waals surface area contributed by atoms with Crippen molar-refractivity contribution in [2.75, 3.05) is 7.05 Å². The fourth-order valence-electron chi connectivity index (χ4n) is 3.56. The number of hydrazine groups is 1. The monoisotopic (exact) mass is 654 g/mol. The molecule has 1 N–H and O–H groups in total. The van der Waals surface area contributed by atoms with Gasteiger partial charge in [-0.05, 0) is 51.1 Å². The van der Waals surface area contributed by atoms with Gasteiger partial charge in [-0.25, -0.2) is 17.8 Å². The molecule has 0 bridgehead atoms. The van der Waals surface area contributed by atoms with Crippen LogP contribution in [0.15, 0.2) is 64.8 Å². The Labute approximate surface area is 257 Å². The number of likely N-dealkylation sites (N-methyl/N-ethyl adjacent to an activating group) is 1. The van der Waals surface area contributed by atoms with E-state index in [0.717, 1.165) is 40.5 Å². The number of benzene rings is 2. The molecule has 1 aromatic heterocycles. The van der Waals surface area contributed by atoms with Crippen LogP contribution in [-0.2, 0) is 35.4 Å². The van der Waals surface area contributed by atoms with Crippen LogP contribution in [0.4, 0.5) is 13.2 Å². The molecule has 1 atom stereocenters. The predicted molar refractivity (Wildman–Crippen MR) is 153 cm³/mol. The maximum absolute atomic E-state index is 13.5. The first kappa shape index (κ1) is 34.8. The highest BCUT2D eigenvalue weighted by atomic mass is 32.2. The van der Waals surface area contributed by atoms with E-state index < -0.39 is 51.5 Å². The summed E-state index contributed by atoms with van der Waals surface area (Å²) in [4.78, 5) is 29.0. The summed E-state index contributed by atoms with van der Waals surface area (Å²) in [7, 11) is -3.36. The maximum atomic E-state index is 13.5. The van der Waals surface area contributed by atoms with Gasteiger partial charge in [0.05, 0.1) is 34.2 Å². The third-order valence-corrected chi connectivity index (χ3v) is 7.95. The lowest BCUT2D eigenvalue weighted by Gasteiger charge is -2.29. The molecule has 0 radical (unpaired) electrons. The number of sulfonamides is 1. The number of aromatic nitrogens is 2. The van der Waals surface area contributed by atoms with Gasteiger partial charge in [-0.3, -0.25) is 14.4 Å². The van der Waals surface area contributed by atoms with Crippen LogP contribution in [0.2, 0.25) is 0 Å². The molecule has 17 heteroatoms. The van der Waals surface area contributed by atoms with Gasteiger partial charge in [0.1, 0.15) is 0 Å². The second-order valence-corrected chi connectivity index (χ2v) is 12.5. The number of rotatable bonds is 11. The van der Waals surface area contributed by atoms with E-state index in [9.17, 15) is 36.4 Å². The van der Waals surface area contributed by atoms with Gasteiger partial charge in [-0.1, -0.05) is 43.7 Å². The Kier molecular flexibility index (Phi) is 10.2. The summed E-state index contributed by atoms with van der Waals surface area (Å²) in [5.74, 6) is -2.16. The lowest BCUT2D eigenvalue weighted by molar-refractivity contribution is -0.718. The van der Waals surface area contributed by atoms with Crippen LogP contribution in [0.1, 0.15) is 45.9 Å². The molecule has 3 aromatic rings. The number of amides is 1. The van der Waals surface area contributed by atoms with Crippen LogP contribution in [0.3, 0.4) is 0 Å². The number of carbonyl (C=O) groups is 2. The number of hydrogen-bond acceptors (Lipinski definition) is 9. The van der Waals surface area contributed by atoms with Gasteiger partial charge in [0, 0.05) is 12.5 Å². The highest BCUT2D eigenvalue weighted by Gasteiger charge is 2.41. The highest BCUT2D eigenvalue weighted by molar-refractivity contribution is 7.90. The average Bonchev–Trinajstić information content (AvgIpc) is 3.42. The summed E-state index contributed by atoms with van der Waals surface area (Å²) in [6.45, 7) is 8.82. The van der Waals surface area contributed by atoms with Crippen LogP contribution in [-0.4, -0.2) is 58.9 Å². The van der Waals surface area contributed by atoms with E-state index in [1.807, 2.05) is 11.6 Å². The summed E-state index contributed by atoms with van der Waals surface area (Å²) in [6, 6.07) is 12.3. The third kappa shape index (κ3) is 8.29. The van der Waals surface area contributed by atoms with Crippen LogP contribution in [0.5, 0.6) is 0 Å². The Hall–Kier alpha value is -4.67. The molecule has 1 amide bonds. The van der Waals surface area contributed by atoms with Crippen molar-refractivity contribution in [1.29, 1.82) is 0 Å². The summed E-state index contributed by atoms with van der Waals surface area (Å²) in [5.41, 5.74) is -1.33. The number of aryl methyl sites for hydroxylation is 1. The van der Waals surface area contributed by atoms with Crippen molar-refractivity contribution in [3.8, 4) is 16.9 Å². The zero-order valence-corrected chi connectivity index (χ0v) is 26.3. The molecule has 1 unspecified atom stereocenters. The molecule has 244 valence electrons.